The van der Waals surface area contributed by atoms with Crippen molar-refractivity contribution in [2.24, 2.45) is 5.92 Å². The Balaban J connectivity index is 1.69. The van der Waals surface area contributed by atoms with E-state index in [1.165, 1.54) is 0 Å². The molecule has 144 valence electrons. The molecule has 1 heterocycles. The zero-order valence-corrected chi connectivity index (χ0v) is 16.8. The molecule has 1 aliphatic rings. The fraction of sp³-hybridized carbons (Fsp3) is 0.350. The lowest BCUT2D eigenvalue weighted by Crippen LogP contribution is -2.28. The third-order valence-electron chi connectivity index (χ3n) is 4.54. The number of nitrogen functional groups attached to an aromatic ring is 1. The van der Waals surface area contributed by atoms with E-state index in [1.807, 2.05) is 30.3 Å². The number of hydrogen-bond acceptors (Lipinski definition) is 5. The molecule has 1 amide bonds. The summed E-state index contributed by atoms with van der Waals surface area (Å²) in [7, 11) is 1.63. The summed E-state index contributed by atoms with van der Waals surface area (Å²) in [6, 6.07) is 11.2. The van der Waals surface area contributed by atoms with Crippen LogP contribution in [-0.2, 0) is 16.1 Å². The first-order valence-corrected chi connectivity index (χ1v) is 9.60. The van der Waals surface area contributed by atoms with Gasteiger partial charge in [0.05, 0.1) is 23.0 Å². The van der Waals surface area contributed by atoms with Crippen LogP contribution in [0.25, 0.3) is 0 Å². The molecular formula is C20H23BrN2O4. The van der Waals surface area contributed by atoms with Gasteiger partial charge >= 0.3 is 0 Å². The molecule has 0 spiro atoms. The van der Waals surface area contributed by atoms with E-state index in [1.54, 1.807) is 13.2 Å². The Labute approximate surface area is 167 Å². The second-order valence-electron chi connectivity index (χ2n) is 6.35. The molecule has 0 bridgehead atoms. The molecule has 0 aromatic heterocycles. The van der Waals surface area contributed by atoms with Crippen molar-refractivity contribution >= 4 is 33.2 Å². The number of rotatable bonds is 6. The average Bonchev–Trinajstić information content (AvgIpc) is 2.71. The topological polar surface area (TPSA) is 82.8 Å². The fourth-order valence-corrected chi connectivity index (χ4v) is 3.36. The first kappa shape index (κ1) is 19.5. The fourth-order valence-electron chi connectivity index (χ4n) is 2.90. The van der Waals surface area contributed by atoms with Gasteiger partial charge in [0.15, 0.2) is 5.75 Å². The van der Waals surface area contributed by atoms with Gasteiger partial charge in [0.2, 0.25) is 5.91 Å². The van der Waals surface area contributed by atoms with Crippen LogP contribution in [0.4, 0.5) is 11.4 Å². The van der Waals surface area contributed by atoms with Crippen molar-refractivity contribution in [3.63, 3.8) is 0 Å². The summed E-state index contributed by atoms with van der Waals surface area (Å²) in [4.78, 5) is 12.5. The number of benzene rings is 2. The molecule has 6 nitrogen and oxygen atoms in total. The zero-order valence-electron chi connectivity index (χ0n) is 15.2. The van der Waals surface area contributed by atoms with E-state index in [9.17, 15) is 4.79 Å². The highest BCUT2D eigenvalue weighted by Crippen LogP contribution is 2.38. The monoisotopic (exact) mass is 434 g/mol. The number of hydrogen-bond donors (Lipinski definition) is 2. The third kappa shape index (κ3) is 4.93. The molecule has 2 aromatic carbocycles. The van der Waals surface area contributed by atoms with Crippen LogP contribution in [0.15, 0.2) is 40.9 Å². The van der Waals surface area contributed by atoms with Crippen molar-refractivity contribution in [1.29, 1.82) is 0 Å². The van der Waals surface area contributed by atoms with Gasteiger partial charge in [-0.25, -0.2) is 0 Å². The minimum atomic E-state index is -0.0505. The number of nitrogens with two attached hydrogens (primary N) is 1. The summed E-state index contributed by atoms with van der Waals surface area (Å²) in [6.07, 6.45) is 1.45. The minimum Gasteiger partial charge on any atom is -0.497 e. The second-order valence-corrected chi connectivity index (χ2v) is 7.20. The maximum atomic E-state index is 12.5. The summed E-state index contributed by atoms with van der Waals surface area (Å²) < 4.78 is 17.1. The number of ether oxygens (including phenoxy) is 3. The van der Waals surface area contributed by atoms with Crippen LogP contribution < -0.4 is 20.5 Å². The van der Waals surface area contributed by atoms with Gasteiger partial charge in [0, 0.05) is 19.1 Å². The third-order valence-corrected chi connectivity index (χ3v) is 5.16. The summed E-state index contributed by atoms with van der Waals surface area (Å²) in [5.74, 6) is 1.21. The molecular weight excluding hydrogens is 412 g/mol. The number of carbonyl (C=O) groups excluding carboxylic acids is 1. The highest BCUT2D eigenvalue weighted by Gasteiger charge is 2.23. The number of anilines is 2. The Morgan fingerprint density at radius 2 is 1.93 bits per heavy atom. The molecule has 1 saturated heterocycles. The predicted molar refractivity (Wildman–Crippen MR) is 108 cm³/mol. The van der Waals surface area contributed by atoms with Gasteiger partial charge in [-0.15, -0.1) is 0 Å². The Hall–Kier alpha value is -2.25. The zero-order chi connectivity index (χ0) is 19.2. The van der Waals surface area contributed by atoms with Crippen LogP contribution in [-0.4, -0.2) is 26.2 Å². The first-order valence-electron chi connectivity index (χ1n) is 8.81. The van der Waals surface area contributed by atoms with Gasteiger partial charge in [-0.3, -0.25) is 4.79 Å². The summed E-state index contributed by atoms with van der Waals surface area (Å²) >= 11 is 3.47. The Bertz CT molecular complexity index is 789. The number of methoxy groups -OCH3 is 1. The van der Waals surface area contributed by atoms with Crippen molar-refractivity contribution < 1.29 is 19.0 Å². The molecule has 2 aromatic rings. The van der Waals surface area contributed by atoms with Crippen molar-refractivity contribution in [3.05, 3.63) is 46.4 Å². The van der Waals surface area contributed by atoms with Crippen LogP contribution in [0.1, 0.15) is 18.4 Å². The van der Waals surface area contributed by atoms with Gasteiger partial charge in [0.1, 0.15) is 12.4 Å². The van der Waals surface area contributed by atoms with Crippen LogP contribution >= 0.6 is 15.9 Å². The lowest BCUT2D eigenvalue weighted by atomic mass is 9.99. The molecule has 0 saturated carbocycles. The van der Waals surface area contributed by atoms with E-state index in [2.05, 4.69) is 21.2 Å². The molecule has 7 heteroatoms. The molecule has 1 fully saturated rings. The minimum absolute atomic E-state index is 0.0339. The highest BCUT2D eigenvalue weighted by atomic mass is 79.9. The van der Waals surface area contributed by atoms with E-state index in [4.69, 9.17) is 19.9 Å². The van der Waals surface area contributed by atoms with Gasteiger partial charge in [-0.05, 0) is 58.6 Å². The summed E-state index contributed by atoms with van der Waals surface area (Å²) in [6.45, 7) is 1.58. The Morgan fingerprint density at radius 3 is 2.59 bits per heavy atom. The second kappa shape index (κ2) is 9.10. The summed E-state index contributed by atoms with van der Waals surface area (Å²) in [5, 5.41) is 2.92. The standard InChI is InChI=1S/C20H23BrN2O4/c1-25-15-4-2-13(3-5-15)12-27-19-16(21)6-7-17(18(19)22)23-20(24)14-8-10-26-11-9-14/h2-7,14H,8-12,22H2,1H3,(H,23,24). The van der Waals surface area contributed by atoms with E-state index < -0.39 is 0 Å². The van der Waals surface area contributed by atoms with E-state index in [0.29, 0.717) is 36.9 Å². The smallest absolute Gasteiger partial charge is 0.227 e. The van der Waals surface area contributed by atoms with Gasteiger partial charge in [-0.1, -0.05) is 12.1 Å². The number of nitrogens with one attached hydrogen (secondary N) is 1. The normalized spacial score (nSPS) is 14.6. The quantitative estimate of drug-likeness (QED) is 0.671. The summed E-state index contributed by atoms with van der Waals surface area (Å²) in [5.41, 5.74) is 8.20. The van der Waals surface area contributed by atoms with Crippen molar-refractivity contribution in [2.45, 2.75) is 19.4 Å². The van der Waals surface area contributed by atoms with Crippen LogP contribution in [0.3, 0.4) is 0 Å². The largest absolute Gasteiger partial charge is 0.497 e. The van der Waals surface area contributed by atoms with Crippen molar-refractivity contribution in [2.75, 3.05) is 31.4 Å². The Morgan fingerprint density at radius 1 is 1.22 bits per heavy atom. The average molecular weight is 435 g/mol. The highest BCUT2D eigenvalue weighted by molar-refractivity contribution is 9.10. The number of carbonyl (C=O) groups is 1. The molecule has 0 atom stereocenters. The SMILES string of the molecule is COc1ccc(COc2c(Br)ccc(NC(=O)C3CCOCC3)c2N)cc1. The van der Waals surface area contributed by atoms with Crippen LogP contribution in [0.5, 0.6) is 11.5 Å². The first-order chi connectivity index (χ1) is 13.1. The van der Waals surface area contributed by atoms with Crippen LogP contribution in [0, 0.1) is 5.92 Å². The molecule has 27 heavy (non-hydrogen) atoms. The van der Waals surface area contributed by atoms with Crippen LogP contribution in [0.2, 0.25) is 0 Å². The molecule has 0 aliphatic carbocycles. The maximum absolute atomic E-state index is 12.5. The van der Waals surface area contributed by atoms with Gasteiger partial charge in [-0.2, -0.15) is 0 Å². The molecule has 0 radical (unpaired) electrons. The van der Waals surface area contributed by atoms with E-state index in [0.717, 1.165) is 28.6 Å². The number of amides is 1. The maximum Gasteiger partial charge on any atom is 0.227 e. The van der Waals surface area contributed by atoms with Crippen molar-refractivity contribution in [1.82, 2.24) is 0 Å². The lowest BCUT2D eigenvalue weighted by molar-refractivity contribution is -0.122. The number of halogens is 1. The van der Waals surface area contributed by atoms with E-state index in [-0.39, 0.29) is 11.8 Å². The van der Waals surface area contributed by atoms with E-state index >= 15 is 0 Å². The molecule has 1 aliphatic heterocycles. The molecule has 0 unspecified atom stereocenters. The molecule has 3 rings (SSSR count). The van der Waals surface area contributed by atoms with Gasteiger partial charge in [0.25, 0.3) is 0 Å². The van der Waals surface area contributed by atoms with Gasteiger partial charge < -0.3 is 25.3 Å². The lowest BCUT2D eigenvalue weighted by Gasteiger charge is -2.22. The predicted octanol–water partition coefficient (Wildman–Crippen LogP) is 3.98. The Kier molecular flexibility index (Phi) is 6.58. The molecule has 3 N–H and O–H groups in total. The van der Waals surface area contributed by atoms with Crippen molar-refractivity contribution in [3.8, 4) is 11.5 Å².